The van der Waals surface area contributed by atoms with Gasteiger partial charge in [0.2, 0.25) is 0 Å². The molecule has 1 saturated carbocycles. The van der Waals surface area contributed by atoms with Gasteiger partial charge in [0.1, 0.15) is 0 Å². The van der Waals surface area contributed by atoms with E-state index in [9.17, 15) is 0 Å². The number of nitrogens with two attached hydrogens (primary N) is 1. The molecular formula is C16H32N2O. The second kappa shape index (κ2) is 6.55. The van der Waals surface area contributed by atoms with Gasteiger partial charge >= 0.3 is 0 Å². The van der Waals surface area contributed by atoms with Crippen LogP contribution >= 0.6 is 0 Å². The number of nitrogens with zero attached hydrogens (tertiary/aromatic N) is 1. The SMILES string of the molecule is CCOC1CCCN(C2(CN)CC(C)CC(C)C2)C1. The number of rotatable bonds is 4. The fourth-order valence-corrected chi connectivity index (χ4v) is 4.53. The molecule has 0 aromatic heterocycles. The molecule has 19 heavy (non-hydrogen) atoms. The van der Waals surface area contributed by atoms with Gasteiger partial charge in [-0.25, -0.2) is 0 Å². The molecule has 3 nitrogen and oxygen atoms in total. The summed E-state index contributed by atoms with van der Waals surface area (Å²) in [7, 11) is 0. The first-order chi connectivity index (χ1) is 9.09. The average Bonchev–Trinajstić information content (AvgIpc) is 2.38. The van der Waals surface area contributed by atoms with Crippen LogP contribution < -0.4 is 5.73 Å². The van der Waals surface area contributed by atoms with E-state index in [1.54, 1.807) is 0 Å². The second-order valence-electron chi connectivity index (χ2n) is 6.95. The van der Waals surface area contributed by atoms with Crippen LogP contribution in [-0.4, -0.2) is 42.8 Å². The highest BCUT2D eigenvalue weighted by Gasteiger charge is 2.43. The summed E-state index contributed by atoms with van der Waals surface area (Å²) in [6.07, 6.45) is 6.81. The lowest BCUT2D eigenvalue weighted by molar-refractivity contribution is -0.0559. The first-order valence-corrected chi connectivity index (χ1v) is 8.16. The van der Waals surface area contributed by atoms with E-state index in [1.165, 1.54) is 38.6 Å². The summed E-state index contributed by atoms with van der Waals surface area (Å²) in [4.78, 5) is 2.67. The third-order valence-electron chi connectivity index (χ3n) is 5.09. The van der Waals surface area contributed by atoms with E-state index in [4.69, 9.17) is 10.5 Å². The monoisotopic (exact) mass is 268 g/mol. The average molecular weight is 268 g/mol. The third-order valence-corrected chi connectivity index (χ3v) is 5.09. The quantitative estimate of drug-likeness (QED) is 0.852. The van der Waals surface area contributed by atoms with Crippen molar-refractivity contribution in [3.63, 3.8) is 0 Å². The minimum absolute atomic E-state index is 0.243. The maximum atomic E-state index is 6.23. The first-order valence-electron chi connectivity index (χ1n) is 8.16. The lowest BCUT2D eigenvalue weighted by Crippen LogP contribution is -2.60. The Hall–Kier alpha value is -0.120. The second-order valence-corrected chi connectivity index (χ2v) is 6.95. The van der Waals surface area contributed by atoms with Crippen LogP contribution in [0, 0.1) is 11.8 Å². The normalized spacial score (nSPS) is 41.4. The summed E-state index contributed by atoms with van der Waals surface area (Å²) in [5.41, 5.74) is 6.47. The lowest BCUT2D eigenvalue weighted by Gasteiger charge is -2.52. The van der Waals surface area contributed by atoms with Crippen LogP contribution in [0.1, 0.15) is 52.9 Å². The smallest absolute Gasteiger partial charge is 0.0702 e. The Morgan fingerprint density at radius 2 is 1.95 bits per heavy atom. The molecule has 1 aliphatic carbocycles. The van der Waals surface area contributed by atoms with E-state index in [-0.39, 0.29) is 5.54 Å². The predicted molar refractivity (Wildman–Crippen MR) is 80.2 cm³/mol. The summed E-state index contributed by atoms with van der Waals surface area (Å²) in [6, 6.07) is 0. The molecule has 0 bridgehead atoms. The van der Waals surface area contributed by atoms with E-state index in [2.05, 4.69) is 25.7 Å². The van der Waals surface area contributed by atoms with Crippen LogP contribution in [0.3, 0.4) is 0 Å². The fraction of sp³-hybridized carbons (Fsp3) is 1.00. The molecule has 0 aromatic rings. The van der Waals surface area contributed by atoms with Crippen molar-refractivity contribution in [2.45, 2.75) is 64.5 Å². The van der Waals surface area contributed by atoms with Gasteiger partial charge in [0.05, 0.1) is 6.10 Å². The van der Waals surface area contributed by atoms with E-state index < -0.39 is 0 Å². The topological polar surface area (TPSA) is 38.5 Å². The summed E-state index contributed by atoms with van der Waals surface area (Å²) in [5, 5.41) is 0. The Bertz CT molecular complexity index is 270. The van der Waals surface area contributed by atoms with Crippen LogP contribution in [0.15, 0.2) is 0 Å². The highest BCUT2D eigenvalue weighted by Crippen LogP contribution is 2.40. The van der Waals surface area contributed by atoms with Crippen molar-refractivity contribution < 1.29 is 4.74 Å². The number of likely N-dealkylation sites (tertiary alicyclic amines) is 1. The van der Waals surface area contributed by atoms with Crippen LogP contribution in [0.5, 0.6) is 0 Å². The van der Waals surface area contributed by atoms with Gasteiger partial charge < -0.3 is 10.5 Å². The van der Waals surface area contributed by atoms with Crippen molar-refractivity contribution in [1.82, 2.24) is 4.90 Å². The van der Waals surface area contributed by atoms with Crippen molar-refractivity contribution in [2.75, 3.05) is 26.2 Å². The van der Waals surface area contributed by atoms with Gasteiger partial charge in [-0.15, -0.1) is 0 Å². The maximum absolute atomic E-state index is 6.23. The van der Waals surface area contributed by atoms with Gasteiger partial charge in [-0.2, -0.15) is 0 Å². The highest BCUT2D eigenvalue weighted by atomic mass is 16.5. The fourth-order valence-electron chi connectivity index (χ4n) is 4.53. The molecule has 3 atom stereocenters. The van der Waals surface area contributed by atoms with Crippen LogP contribution in [-0.2, 0) is 4.74 Å². The third kappa shape index (κ3) is 3.50. The Labute approximate surface area is 118 Å². The number of hydrogen-bond acceptors (Lipinski definition) is 3. The van der Waals surface area contributed by atoms with E-state index >= 15 is 0 Å². The molecule has 0 radical (unpaired) electrons. The lowest BCUT2D eigenvalue weighted by atomic mass is 9.70. The van der Waals surface area contributed by atoms with Crippen molar-refractivity contribution in [2.24, 2.45) is 17.6 Å². The summed E-state index contributed by atoms with van der Waals surface area (Å²) in [5.74, 6) is 1.61. The zero-order chi connectivity index (χ0) is 13.9. The molecule has 0 spiro atoms. The Kier molecular flexibility index (Phi) is 5.27. The summed E-state index contributed by atoms with van der Waals surface area (Å²) in [6.45, 7) is 10.8. The molecule has 1 aliphatic heterocycles. The van der Waals surface area contributed by atoms with Gasteiger partial charge in [-0.1, -0.05) is 13.8 Å². The van der Waals surface area contributed by atoms with Gasteiger partial charge in [0.25, 0.3) is 0 Å². The molecular weight excluding hydrogens is 236 g/mol. The first kappa shape index (κ1) is 15.3. The number of ether oxygens (including phenoxy) is 1. The molecule has 3 heteroatoms. The highest BCUT2D eigenvalue weighted by molar-refractivity contribution is 4.99. The number of hydrogen-bond donors (Lipinski definition) is 1. The van der Waals surface area contributed by atoms with Gasteiger partial charge in [-0.05, 0) is 57.4 Å². The van der Waals surface area contributed by atoms with Gasteiger partial charge in [0, 0.05) is 25.2 Å². The standard InChI is InChI=1S/C16H32N2O/c1-4-19-15-6-5-7-18(11-15)16(12-17)9-13(2)8-14(3)10-16/h13-15H,4-12,17H2,1-3H3. The minimum Gasteiger partial charge on any atom is -0.377 e. The van der Waals surface area contributed by atoms with Gasteiger partial charge in [0.15, 0.2) is 0 Å². The van der Waals surface area contributed by atoms with Gasteiger partial charge in [-0.3, -0.25) is 4.90 Å². The zero-order valence-electron chi connectivity index (χ0n) is 13.0. The summed E-state index contributed by atoms with van der Waals surface area (Å²) >= 11 is 0. The summed E-state index contributed by atoms with van der Waals surface area (Å²) < 4.78 is 5.86. The molecule has 3 unspecified atom stereocenters. The van der Waals surface area contributed by atoms with E-state index in [0.717, 1.165) is 31.5 Å². The van der Waals surface area contributed by atoms with Crippen molar-refractivity contribution in [3.05, 3.63) is 0 Å². The molecule has 2 N–H and O–H groups in total. The zero-order valence-corrected chi connectivity index (χ0v) is 13.0. The van der Waals surface area contributed by atoms with E-state index in [0.29, 0.717) is 6.10 Å². The minimum atomic E-state index is 0.243. The van der Waals surface area contributed by atoms with Crippen molar-refractivity contribution >= 4 is 0 Å². The molecule has 0 aromatic carbocycles. The molecule has 2 rings (SSSR count). The van der Waals surface area contributed by atoms with Crippen molar-refractivity contribution in [1.29, 1.82) is 0 Å². The molecule has 0 amide bonds. The molecule has 2 fully saturated rings. The maximum Gasteiger partial charge on any atom is 0.0702 e. The van der Waals surface area contributed by atoms with Crippen LogP contribution in [0.2, 0.25) is 0 Å². The van der Waals surface area contributed by atoms with Crippen molar-refractivity contribution in [3.8, 4) is 0 Å². The Morgan fingerprint density at radius 3 is 2.53 bits per heavy atom. The number of piperidine rings is 1. The van der Waals surface area contributed by atoms with E-state index in [1.807, 2.05) is 0 Å². The Morgan fingerprint density at radius 1 is 1.26 bits per heavy atom. The Balaban J connectivity index is 2.07. The predicted octanol–water partition coefficient (Wildman–Crippen LogP) is 2.64. The molecule has 1 heterocycles. The molecule has 112 valence electrons. The van der Waals surface area contributed by atoms with Crippen LogP contribution in [0.4, 0.5) is 0 Å². The molecule has 2 aliphatic rings. The molecule has 1 saturated heterocycles. The largest absolute Gasteiger partial charge is 0.377 e. The van der Waals surface area contributed by atoms with Crippen LogP contribution in [0.25, 0.3) is 0 Å².